The molecule has 1 atom stereocenters. The molecule has 21 heavy (non-hydrogen) atoms. The van der Waals surface area contributed by atoms with Crippen LogP contribution < -0.4 is 22.5 Å². The number of aliphatic hydroxyl groups is 1. The Morgan fingerprint density at radius 3 is 2.76 bits per heavy atom. The predicted molar refractivity (Wildman–Crippen MR) is 83.0 cm³/mol. The summed E-state index contributed by atoms with van der Waals surface area (Å²) in [5, 5.41) is 15.0. The van der Waals surface area contributed by atoms with Gasteiger partial charge in [0.1, 0.15) is 12.4 Å². The fourth-order valence-corrected chi connectivity index (χ4v) is 2.19. The van der Waals surface area contributed by atoms with Crippen LogP contribution in [0.5, 0.6) is 5.75 Å². The van der Waals surface area contributed by atoms with Gasteiger partial charge >= 0.3 is 0 Å². The van der Waals surface area contributed by atoms with Crippen LogP contribution in [0.15, 0.2) is 49.1 Å². The minimum atomic E-state index is -0.359. The van der Waals surface area contributed by atoms with Gasteiger partial charge in [-0.1, -0.05) is 43.0 Å². The van der Waals surface area contributed by atoms with Crippen LogP contribution in [0, 0.1) is 0 Å². The Labute approximate surface area is 132 Å². The van der Waals surface area contributed by atoms with E-state index in [-0.39, 0.29) is 18.5 Å². The molecular weight excluding hydrogens is 286 g/mol. The zero-order chi connectivity index (χ0) is 14.4. The number of rotatable bonds is 7. The monoisotopic (exact) mass is 306 g/mol. The van der Waals surface area contributed by atoms with E-state index in [1.165, 1.54) is 10.8 Å². The van der Waals surface area contributed by atoms with E-state index in [2.05, 4.69) is 30.1 Å². The van der Waals surface area contributed by atoms with Gasteiger partial charge in [0.15, 0.2) is 0 Å². The summed E-state index contributed by atoms with van der Waals surface area (Å²) in [5.41, 5.74) is 1.12. The van der Waals surface area contributed by atoms with E-state index in [0.717, 1.165) is 11.3 Å². The Balaban J connectivity index is 0.00000220. The number of benzene rings is 2. The number of fused-ring (bicyclic) bond motifs is 1. The van der Waals surface area contributed by atoms with Gasteiger partial charge in [-0.05, 0) is 23.8 Å². The standard InChI is InChI=1S/C17H21NO2.ClH/c1-3-10-20-17-9-8-14-6-4-5-7-15(14)16(17)12-18-11-13(2)19;/h3-9,13,18-19H,1,10-12H2,2H3;1H/p-1. The summed E-state index contributed by atoms with van der Waals surface area (Å²) in [6, 6.07) is 12.3. The third-order valence-corrected chi connectivity index (χ3v) is 3.10. The zero-order valence-corrected chi connectivity index (χ0v) is 12.9. The molecule has 114 valence electrons. The lowest BCUT2D eigenvalue weighted by atomic mass is 10.0. The maximum atomic E-state index is 9.35. The average molecular weight is 307 g/mol. The first kappa shape index (κ1) is 17.5. The number of ether oxygens (including phenoxy) is 1. The average Bonchev–Trinajstić information content (AvgIpc) is 2.45. The van der Waals surface area contributed by atoms with Crippen molar-refractivity contribution in [2.24, 2.45) is 0 Å². The highest BCUT2D eigenvalue weighted by atomic mass is 35.5. The molecule has 0 aliphatic rings. The highest BCUT2D eigenvalue weighted by molar-refractivity contribution is 5.87. The lowest BCUT2D eigenvalue weighted by Gasteiger charge is -2.15. The summed E-state index contributed by atoms with van der Waals surface area (Å²) in [4.78, 5) is 0. The first-order valence-electron chi connectivity index (χ1n) is 6.85. The Morgan fingerprint density at radius 1 is 1.29 bits per heavy atom. The van der Waals surface area contributed by atoms with Gasteiger partial charge in [0.05, 0.1) is 6.10 Å². The molecule has 1 unspecified atom stereocenters. The maximum absolute atomic E-state index is 9.35. The molecular formula is C17H21ClNO2-. The molecule has 3 nitrogen and oxygen atoms in total. The van der Waals surface area contributed by atoms with Crippen LogP contribution in [0.4, 0.5) is 0 Å². The highest BCUT2D eigenvalue weighted by Gasteiger charge is 2.08. The Bertz CT molecular complexity index is 584. The molecule has 0 aliphatic heterocycles. The lowest BCUT2D eigenvalue weighted by molar-refractivity contribution is -0.00000661. The Hall–Kier alpha value is -1.55. The molecule has 2 rings (SSSR count). The fraction of sp³-hybridized carbons (Fsp3) is 0.294. The van der Waals surface area contributed by atoms with E-state index in [9.17, 15) is 5.11 Å². The van der Waals surface area contributed by atoms with Crippen molar-refractivity contribution in [3.8, 4) is 5.75 Å². The SMILES string of the molecule is C=CCOc1ccc2ccccc2c1CNCC(C)O.[Cl-]. The number of aliphatic hydroxyl groups excluding tert-OH is 1. The normalized spacial score (nSPS) is 11.7. The number of hydrogen-bond acceptors (Lipinski definition) is 3. The van der Waals surface area contributed by atoms with Crippen molar-refractivity contribution in [2.45, 2.75) is 19.6 Å². The molecule has 0 saturated heterocycles. The molecule has 0 amide bonds. The van der Waals surface area contributed by atoms with Gasteiger partial charge in [-0.15, -0.1) is 0 Å². The largest absolute Gasteiger partial charge is 1.00 e. The second kappa shape index (κ2) is 8.67. The molecule has 0 radical (unpaired) electrons. The molecule has 2 aromatic carbocycles. The predicted octanol–water partition coefficient (Wildman–Crippen LogP) is -0.121. The molecule has 0 saturated carbocycles. The second-order valence-corrected chi connectivity index (χ2v) is 4.84. The van der Waals surface area contributed by atoms with E-state index >= 15 is 0 Å². The summed E-state index contributed by atoms with van der Waals surface area (Å²) in [6.45, 7) is 7.16. The Kier molecular flexibility index (Phi) is 7.23. The fourth-order valence-electron chi connectivity index (χ4n) is 2.19. The van der Waals surface area contributed by atoms with Crippen molar-refractivity contribution < 1.29 is 22.3 Å². The first-order valence-corrected chi connectivity index (χ1v) is 6.85. The highest BCUT2D eigenvalue weighted by Crippen LogP contribution is 2.28. The number of halogens is 1. The van der Waals surface area contributed by atoms with Gasteiger partial charge in [-0.2, -0.15) is 0 Å². The van der Waals surface area contributed by atoms with Gasteiger partial charge in [-0.25, -0.2) is 0 Å². The van der Waals surface area contributed by atoms with E-state index in [4.69, 9.17) is 4.74 Å². The molecule has 0 aliphatic carbocycles. The molecule has 2 N–H and O–H groups in total. The van der Waals surface area contributed by atoms with Gasteiger partial charge in [0.25, 0.3) is 0 Å². The van der Waals surface area contributed by atoms with Crippen LogP contribution in [-0.2, 0) is 6.54 Å². The molecule has 0 heterocycles. The summed E-state index contributed by atoms with van der Waals surface area (Å²) < 4.78 is 5.73. The number of nitrogens with one attached hydrogen (secondary N) is 1. The molecule has 0 aromatic heterocycles. The molecule has 0 bridgehead atoms. The second-order valence-electron chi connectivity index (χ2n) is 4.84. The summed E-state index contributed by atoms with van der Waals surface area (Å²) in [5.74, 6) is 0.863. The first-order chi connectivity index (χ1) is 9.72. The van der Waals surface area contributed by atoms with Crippen molar-refractivity contribution in [2.75, 3.05) is 13.2 Å². The summed E-state index contributed by atoms with van der Waals surface area (Å²) in [6.07, 6.45) is 1.38. The van der Waals surface area contributed by atoms with Crippen molar-refractivity contribution >= 4 is 10.8 Å². The molecule has 4 heteroatoms. The van der Waals surface area contributed by atoms with Crippen LogP contribution in [0.3, 0.4) is 0 Å². The number of hydrogen-bond donors (Lipinski definition) is 2. The quantitative estimate of drug-likeness (QED) is 0.701. The van der Waals surface area contributed by atoms with Crippen LogP contribution in [0.25, 0.3) is 10.8 Å². The third kappa shape index (κ3) is 4.74. The molecule has 2 aromatic rings. The van der Waals surface area contributed by atoms with Crippen LogP contribution in [0.2, 0.25) is 0 Å². The Morgan fingerprint density at radius 2 is 2.05 bits per heavy atom. The van der Waals surface area contributed by atoms with Crippen molar-refractivity contribution in [3.63, 3.8) is 0 Å². The van der Waals surface area contributed by atoms with Gasteiger partial charge in [0, 0.05) is 18.7 Å². The van der Waals surface area contributed by atoms with Crippen molar-refractivity contribution in [1.82, 2.24) is 5.32 Å². The third-order valence-electron chi connectivity index (χ3n) is 3.10. The zero-order valence-electron chi connectivity index (χ0n) is 12.2. The van der Waals surface area contributed by atoms with E-state index < -0.39 is 0 Å². The summed E-state index contributed by atoms with van der Waals surface area (Å²) in [7, 11) is 0. The summed E-state index contributed by atoms with van der Waals surface area (Å²) >= 11 is 0. The van der Waals surface area contributed by atoms with Gasteiger partial charge < -0.3 is 27.6 Å². The topological polar surface area (TPSA) is 41.5 Å². The molecule has 0 fully saturated rings. The van der Waals surface area contributed by atoms with E-state index in [1.807, 2.05) is 18.2 Å². The maximum Gasteiger partial charge on any atom is 0.124 e. The molecule has 0 spiro atoms. The minimum absolute atomic E-state index is 0. The van der Waals surface area contributed by atoms with Crippen LogP contribution in [-0.4, -0.2) is 24.4 Å². The van der Waals surface area contributed by atoms with Crippen molar-refractivity contribution in [3.05, 3.63) is 54.6 Å². The van der Waals surface area contributed by atoms with E-state index in [1.54, 1.807) is 13.0 Å². The van der Waals surface area contributed by atoms with Gasteiger partial charge in [-0.3, -0.25) is 0 Å². The lowest BCUT2D eigenvalue weighted by Crippen LogP contribution is -3.00. The van der Waals surface area contributed by atoms with Crippen molar-refractivity contribution in [1.29, 1.82) is 0 Å². The van der Waals surface area contributed by atoms with Crippen LogP contribution in [0.1, 0.15) is 12.5 Å². The smallest absolute Gasteiger partial charge is 0.124 e. The van der Waals surface area contributed by atoms with E-state index in [0.29, 0.717) is 19.7 Å². The minimum Gasteiger partial charge on any atom is -1.00 e. The van der Waals surface area contributed by atoms with Gasteiger partial charge in [0.2, 0.25) is 0 Å². The van der Waals surface area contributed by atoms with Crippen LogP contribution >= 0.6 is 0 Å².